The van der Waals surface area contributed by atoms with Crippen molar-refractivity contribution in [3.8, 4) is 0 Å². The van der Waals surface area contributed by atoms with Crippen molar-refractivity contribution in [1.82, 2.24) is 0 Å². The monoisotopic (exact) mass is 161 g/mol. The van der Waals surface area contributed by atoms with Gasteiger partial charge in [-0.15, -0.1) is 6.58 Å². The van der Waals surface area contributed by atoms with Gasteiger partial charge in [0.15, 0.2) is 0 Å². The molecule has 12 heavy (non-hydrogen) atoms. The van der Waals surface area contributed by atoms with Crippen molar-refractivity contribution >= 4 is 0 Å². The number of hydrogen-bond acceptors (Lipinski definition) is 0. The molecule has 1 rings (SSSR count). The molecule has 5 radical (unpaired) electrons. The second-order valence-electron chi connectivity index (χ2n) is 3.47. The van der Waals surface area contributed by atoms with E-state index in [1.807, 2.05) is 6.08 Å². The van der Waals surface area contributed by atoms with Gasteiger partial charge in [0.1, 0.15) is 0 Å². The van der Waals surface area contributed by atoms with Crippen LogP contribution in [0, 0.1) is 29.6 Å². The molecular weight excluding hydrogens is 144 g/mol. The zero-order chi connectivity index (χ0) is 9.30. The third-order valence-electron chi connectivity index (χ3n) is 2.94. The Labute approximate surface area is 77.1 Å². The molecule has 0 aliphatic heterocycles. The number of allylic oxidation sites excluding steroid dienone is 1. The Hall–Kier alpha value is -0.260. The summed E-state index contributed by atoms with van der Waals surface area (Å²) in [5.74, 6) is 7.27. The van der Waals surface area contributed by atoms with Crippen LogP contribution in [0.2, 0.25) is 0 Å². The molecule has 0 bridgehead atoms. The van der Waals surface area contributed by atoms with Gasteiger partial charge in [0.2, 0.25) is 0 Å². The lowest BCUT2D eigenvalue weighted by Gasteiger charge is -2.16. The predicted octanol–water partition coefficient (Wildman–Crippen LogP) is 3.53. The van der Waals surface area contributed by atoms with Crippen LogP contribution in [-0.4, -0.2) is 0 Å². The maximum Gasteiger partial charge on any atom is -0.00622 e. The van der Waals surface area contributed by atoms with Crippen LogP contribution < -0.4 is 0 Å². The van der Waals surface area contributed by atoms with Gasteiger partial charge in [0, 0.05) is 0 Å². The van der Waals surface area contributed by atoms with E-state index in [9.17, 15) is 0 Å². The fourth-order valence-electron chi connectivity index (χ4n) is 1.75. The van der Waals surface area contributed by atoms with Crippen molar-refractivity contribution < 1.29 is 0 Å². The van der Waals surface area contributed by atoms with Gasteiger partial charge in [-0.1, -0.05) is 33.8 Å². The highest BCUT2D eigenvalue weighted by Crippen LogP contribution is 2.53. The van der Waals surface area contributed by atoms with Crippen molar-refractivity contribution in [2.24, 2.45) is 0 Å². The summed E-state index contributed by atoms with van der Waals surface area (Å²) in [6.07, 6.45) is 2.99. The summed E-state index contributed by atoms with van der Waals surface area (Å²) < 4.78 is 0. The fraction of sp³-hybridized carbons (Fsp3) is 0.417. The van der Waals surface area contributed by atoms with Gasteiger partial charge in [0.25, 0.3) is 0 Å². The van der Waals surface area contributed by atoms with Crippen molar-refractivity contribution in [2.75, 3.05) is 0 Å². The Balaban J connectivity index is 2.68. The summed E-state index contributed by atoms with van der Waals surface area (Å²) >= 11 is 0. The Bertz CT molecular complexity index is 145. The van der Waals surface area contributed by atoms with Crippen molar-refractivity contribution in [1.29, 1.82) is 0 Å². The topological polar surface area (TPSA) is 0 Å². The number of rotatable bonds is 2. The zero-order valence-corrected chi connectivity index (χ0v) is 8.49. The molecule has 0 nitrogen and oxygen atoms in total. The highest BCUT2D eigenvalue weighted by molar-refractivity contribution is 5.59. The lowest BCUT2D eigenvalue weighted by Crippen LogP contribution is -2.05. The quantitative estimate of drug-likeness (QED) is 0.543. The molecular formula is C12H17. The highest BCUT2D eigenvalue weighted by atomic mass is 14.4. The summed E-state index contributed by atoms with van der Waals surface area (Å²) in [4.78, 5) is 0. The minimum absolute atomic E-state index is 1.01. The first kappa shape index (κ1) is 9.83. The largest absolute Gasteiger partial charge is 0.103 e. The standard InChI is InChI=1S/C12H17/c1-6-7-12-10(4)8(2)9(3)11(12)5/h6H,1,7H2,2-5H3. The first-order valence-corrected chi connectivity index (χ1v) is 4.42. The molecule has 0 saturated heterocycles. The van der Waals surface area contributed by atoms with Gasteiger partial charge in [-0.05, 0) is 36.0 Å². The van der Waals surface area contributed by atoms with Gasteiger partial charge in [-0.2, -0.15) is 0 Å². The molecule has 1 saturated carbocycles. The lowest BCUT2D eigenvalue weighted by molar-refractivity contribution is 0.907. The molecule has 0 aromatic carbocycles. The summed E-state index contributed by atoms with van der Waals surface area (Å²) in [7, 11) is 0. The maximum atomic E-state index is 3.78. The third kappa shape index (κ3) is 1.44. The van der Waals surface area contributed by atoms with E-state index in [1.165, 1.54) is 29.6 Å². The second kappa shape index (κ2) is 3.64. The average molecular weight is 161 g/mol. The van der Waals surface area contributed by atoms with E-state index in [0.717, 1.165) is 6.42 Å². The van der Waals surface area contributed by atoms with Crippen LogP contribution in [0.5, 0.6) is 0 Å². The van der Waals surface area contributed by atoms with Gasteiger partial charge in [-0.25, -0.2) is 0 Å². The van der Waals surface area contributed by atoms with Gasteiger partial charge in [-0.3, -0.25) is 0 Å². The molecule has 0 amide bonds. The van der Waals surface area contributed by atoms with E-state index >= 15 is 0 Å². The first-order valence-electron chi connectivity index (χ1n) is 4.42. The van der Waals surface area contributed by atoms with Gasteiger partial charge >= 0.3 is 0 Å². The van der Waals surface area contributed by atoms with Crippen LogP contribution in [0.4, 0.5) is 0 Å². The van der Waals surface area contributed by atoms with Crippen LogP contribution in [0.3, 0.4) is 0 Å². The molecule has 0 N–H and O–H groups in total. The molecule has 0 spiro atoms. The van der Waals surface area contributed by atoms with E-state index in [0.29, 0.717) is 0 Å². The Morgan fingerprint density at radius 3 is 1.67 bits per heavy atom. The molecule has 0 unspecified atom stereocenters. The Morgan fingerprint density at radius 2 is 1.33 bits per heavy atom. The molecule has 1 aliphatic carbocycles. The SMILES string of the molecule is C=CC[C]1[C](C)[C](C)[C](C)[C]1C. The van der Waals surface area contributed by atoms with E-state index in [2.05, 4.69) is 34.3 Å². The van der Waals surface area contributed by atoms with Crippen LogP contribution in [-0.2, 0) is 0 Å². The molecule has 0 heteroatoms. The Morgan fingerprint density at radius 1 is 0.917 bits per heavy atom. The number of hydrogen-bond donors (Lipinski definition) is 0. The summed E-state index contributed by atoms with van der Waals surface area (Å²) in [5.41, 5.74) is 0. The summed E-state index contributed by atoms with van der Waals surface area (Å²) in [5, 5.41) is 0. The van der Waals surface area contributed by atoms with Crippen LogP contribution in [0.15, 0.2) is 12.7 Å². The molecule has 1 fully saturated rings. The minimum atomic E-state index is 1.01. The maximum absolute atomic E-state index is 3.78. The second-order valence-corrected chi connectivity index (χ2v) is 3.47. The molecule has 1 aliphatic rings. The van der Waals surface area contributed by atoms with Crippen LogP contribution >= 0.6 is 0 Å². The normalized spacial score (nSPS) is 25.3. The molecule has 0 heterocycles. The summed E-state index contributed by atoms with van der Waals surface area (Å²) in [6, 6.07) is 0. The van der Waals surface area contributed by atoms with Crippen LogP contribution in [0.25, 0.3) is 0 Å². The zero-order valence-electron chi connectivity index (χ0n) is 8.49. The van der Waals surface area contributed by atoms with Crippen molar-refractivity contribution in [2.45, 2.75) is 34.1 Å². The predicted molar refractivity (Wildman–Crippen MR) is 53.7 cm³/mol. The third-order valence-corrected chi connectivity index (χ3v) is 2.94. The Kier molecular flexibility index (Phi) is 2.98. The van der Waals surface area contributed by atoms with Crippen LogP contribution in [0.1, 0.15) is 34.1 Å². The molecule has 0 aromatic heterocycles. The van der Waals surface area contributed by atoms with E-state index in [4.69, 9.17) is 0 Å². The van der Waals surface area contributed by atoms with Gasteiger partial charge in [0.05, 0.1) is 0 Å². The molecule has 65 valence electrons. The van der Waals surface area contributed by atoms with E-state index in [-0.39, 0.29) is 0 Å². The van der Waals surface area contributed by atoms with Crippen molar-refractivity contribution in [3.05, 3.63) is 42.2 Å². The smallest absolute Gasteiger partial charge is 0.00622 e. The van der Waals surface area contributed by atoms with E-state index in [1.54, 1.807) is 0 Å². The highest BCUT2D eigenvalue weighted by Gasteiger charge is 2.42. The molecule has 0 aromatic rings. The lowest BCUT2D eigenvalue weighted by atomic mass is 9.87. The van der Waals surface area contributed by atoms with E-state index < -0.39 is 0 Å². The molecule has 0 atom stereocenters. The fourth-order valence-corrected chi connectivity index (χ4v) is 1.75. The summed E-state index contributed by atoms with van der Waals surface area (Å²) in [6.45, 7) is 12.6. The minimum Gasteiger partial charge on any atom is -0.103 e. The first-order chi connectivity index (χ1) is 5.59. The van der Waals surface area contributed by atoms with Gasteiger partial charge < -0.3 is 0 Å². The van der Waals surface area contributed by atoms with Crippen molar-refractivity contribution in [3.63, 3.8) is 0 Å². The average Bonchev–Trinajstić information content (AvgIpc) is 2.23.